The van der Waals surface area contributed by atoms with Gasteiger partial charge in [0.1, 0.15) is 5.76 Å². The molecule has 0 spiro atoms. The lowest BCUT2D eigenvalue weighted by Crippen LogP contribution is -2.40. The minimum atomic E-state index is -3.62. The normalized spacial score (nSPS) is 20.1. The second-order valence-corrected chi connectivity index (χ2v) is 6.55. The number of aryl methyl sites for hydroxylation is 1. The summed E-state index contributed by atoms with van der Waals surface area (Å²) in [5.41, 5.74) is 0. The molecule has 3 heterocycles. The first-order chi connectivity index (χ1) is 10.1. The molecule has 0 aromatic carbocycles. The summed E-state index contributed by atoms with van der Waals surface area (Å²) in [6.07, 6.45) is 3.09. The molecule has 0 saturated carbocycles. The van der Waals surface area contributed by atoms with Gasteiger partial charge in [-0.2, -0.15) is 22.4 Å². The Balaban J connectivity index is 1.71. The minimum Gasteiger partial charge on any atom is -0.468 e. The van der Waals surface area contributed by atoms with Crippen molar-refractivity contribution in [3.8, 4) is 0 Å². The first-order valence-electron chi connectivity index (χ1n) is 6.65. The van der Waals surface area contributed by atoms with Crippen molar-refractivity contribution in [3.63, 3.8) is 0 Å². The average Bonchev–Trinajstić information content (AvgIpc) is 3.17. The molecular weight excluding hydrogens is 296 g/mol. The summed E-state index contributed by atoms with van der Waals surface area (Å²) < 4.78 is 38.9. The van der Waals surface area contributed by atoms with Gasteiger partial charge in [0.2, 0.25) is 5.89 Å². The lowest BCUT2D eigenvalue weighted by atomic mass is 10.2. The van der Waals surface area contributed by atoms with Crippen molar-refractivity contribution in [2.45, 2.75) is 32.4 Å². The molecule has 2 aromatic rings. The summed E-state index contributed by atoms with van der Waals surface area (Å²) in [6, 6.07) is 3.29. The fourth-order valence-electron chi connectivity index (χ4n) is 2.44. The number of nitrogens with one attached hydrogen (secondary N) is 1. The second-order valence-electron chi connectivity index (χ2n) is 4.84. The Hall–Kier alpha value is -1.71. The predicted octanol–water partition coefficient (Wildman–Crippen LogP) is 1.14. The molecular formula is C12H16N4O4S. The van der Waals surface area contributed by atoms with Crippen molar-refractivity contribution < 1.29 is 17.4 Å². The van der Waals surface area contributed by atoms with Crippen LogP contribution in [0.1, 0.15) is 36.4 Å². The van der Waals surface area contributed by atoms with Gasteiger partial charge < -0.3 is 8.94 Å². The Bertz CT molecular complexity index is 695. The van der Waals surface area contributed by atoms with Gasteiger partial charge in [-0.05, 0) is 25.0 Å². The molecule has 1 saturated heterocycles. The Kier molecular flexibility index (Phi) is 3.79. The molecule has 0 radical (unpaired) electrons. The molecule has 0 bridgehead atoms. The highest BCUT2D eigenvalue weighted by Crippen LogP contribution is 2.33. The van der Waals surface area contributed by atoms with E-state index >= 15 is 0 Å². The highest BCUT2D eigenvalue weighted by Gasteiger charge is 2.36. The first kappa shape index (κ1) is 14.2. The van der Waals surface area contributed by atoms with Gasteiger partial charge >= 0.3 is 0 Å². The third kappa shape index (κ3) is 2.99. The Labute approximate surface area is 122 Å². The van der Waals surface area contributed by atoms with Crippen LogP contribution in [-0.2, 0) is 16.8 Å². The molecule has 8 nitrogen and oxygen atoms in total. The van der Waals surface area contributed by atoms with Gasteiger partial charge in [0.25, 0.3) is 10.2 Å². The number of hydrogen-bond donors (Lipinski definition) is 1. The molecule has 0 aliphatic carbocycles. The quantitative estimate of drug-likeness (QED) is 0.888. The van der Waals surface area contributed by atoms with E-state index in [-0.39, 0.29) is 12.6 Å². The molecule has 114 valence electrons. The monoisotopic (exact) mass is 312 g/mol. The van der Waals surface area contributed by atoms with Crippen LogP contribution >= 0.6 is 0 Å². The number of furan rings is 1. The van der Waals surface area contributed by atoms with Crippen LogP contribution in [0, 0.1) is 6.92 Å². The van der Waals surface area contributed by atoms with E-state index in [1.165, 1.54) is 4.31 Å². The summed E-state index contributed by atoms with van der Waals surface area (Å²) >= 11 is 0. The van der Waals surface area contributed by atoms with Gasteiger partial charge in [-0.1, -0.05) is 5.16 Å². The van der Waals surface area contributed by atoms with Crippen LogP contribution in [0.4, 0.5) is 0 Å². The molecule has 9 heteroatoms. The molecule has 1 fully saturated rings. The highest BCUT2D eigenvalue weighted by atomic mass is 32.2. The maximum Gasteiger partial charge on any atom is 0.280 e. The van der Waals surface area contributed by atoms with Gasteiger partial charge in [0, 0.05) is 13.5 Å². The van der Waals surface area contributed by atoms with Crippen LogP contribution in [0.3, 0.4) is 0 Å². The highest BCUT2D eigenvalue weighted by molar-refractivity contribution is 7.87. The van der Waals surface area contributed by atoms with Crippen LogP contribution in [0.5, 0.6) is 0 Å². The van der Waals surface area contributed by atoms with E-state index < -0.39 is 10.2 Å². The number of nitrogens with zero attached hydrogens (tertiary/aromatic N) is 3. The first-order valence-corrected chi connectivity index (χ1v) is 8.09. The average molecular weight is 312 g/mol. The largest absolute Gasteiger partial charge is 0.468 e. The van der Waals surface area contributed by atoms with E-state index in [0.717, 1.165) is 12.8 Å². The topological polar surface area (TPSA) is 101 Å². The zero-order chi connectivity index (χ0) is 14.9. The Morgan fingerprint density at radius 3 is 3.05 bits per heavy atom. The lowest BCUT2D eigenvalue weighted by Gasteiger charge is -2.22. The van der Waals surface area contributed by atoms with Gasteiger partial charge in [0.15, 0.2) is 5.82 Å². The van der Waals surface area contributed by atoms with Gasteiger partial charge in [0.05, 0.1) is 18.8 Å². The Morgan fingerprint density at radius 2 is 2.38 bits per heavy atom. The number of aromatic nitrogens is 2. The number of hydrogen-bond acceptors (Lipinski definition) is 6. The van der Waals surface area contributed by atoms with Gasteiger partial charge in [-0.15, -0.1) is 0 Å². The van der Waals surface area contributed by atoms with Crippen molar-refractivity contribution in [2.24, 2.45) is 0 Å². The van der Waals surface area contributed by atoms with Crippen LogP contribution in [-0.4, -0.2) is 29.4 Å². The summed E-state index contributed by atoms with van der Waals surface area (Å²) in [6.45, 7) is 2.12. The molecule has 0 unspecified atom stereocenters. The van der Waals surface area contributed by atoms with Crippen molar-refractivity contribution in [2.75, 3.05) is 6.54 Å². The summed E-state index contributed by atoms with van der Waals surface area (Å²) in [5.74, 6) is 1.37. The number of rotatable bonds is 5. The van der Waals surface area contributed by atoms with Gasteiger partial charge in [-0.25, -0.2) is 0 Å². The van der Waals surface area contributed by atoms with Crippen LogP contribution in [0.2, 0.25) is 0 Å². The van der Waals surface area contributed by atoms with Gasteiger partial charge in [-0.3, -0.25) is 0 Å². The zero-order valence-electron chi connectivity index (χ0n) is 11.5. The minimum absolute atomic E-state index is 0.00104. The fraction of sp³-hybridized carbons (Fsp3) is 0.500. The fourth-order valence-corrected chi connectivity index (χ4v) is 3.84. The smallest absolute Gasteiger partial charge is 0.280 e. The molecule has 3 rings (SSSR count). The van der Waals surface area contributed by atoms with E-state index in [1.807, 2.05) is 0 Å². The molecule has 2 aromatic heterocycles. The second kappa shape index (κ2) is 5.58. The lowest BCUT2D eigenvalue weighted by molar-refractivity contribution is 0.335. The molecule has 1 aliphatic rings. The summed E-state index contributed by atoms with van der Waals surface area (Å²) in [7, 11) is -3.62. The molecule has 1 N–H and O–H groups in total. The van der Waals surface area contributed by atoms with E-state index in [4.69, 9.17) is 8.94 Å². The SMILES string of the molecule is Cc1nc(CNS(=O)(=O)N2CCC[C@H]2c2ccco2)no1. The van der Waals surface area contributed by atoms with E-state index in [1.54, 1.807) is 25.3 Å². The third-order valence-corrected chi connectivity index (χ3v) is 4.93. The van der Waals surface area contributed by atoms with Crippen molar-refractivity contribution >= 4 is 10.2 Å². The van der Waals surface area contributed by atoms with Crippen LogP contribution < -0.4 is 4.72 Å². The standard InChI is InChI=1S/C12H16N4O4S/c1-9-14-12(15-20-9)8-13-21(17,18)16-6-2-4-10(16)11-5-3-7-19-11/h3,5,7,10,13H,2,4,6,8H2,1H3/t10-/m0/s1. The third-order valence-electron chi connectivity index (χ3n) is 3.37. The van der Waals surface area contributed by atoms with Crippen molar-refractivity contribution in [3.05, 3.63) is 35.9 Å². The van der Waals surface area contributed by atoms with E-state index in [0.29, 0.717) is 24.0 Å². The summed E-state index contributed by atoms with van der Waals surface area (Å²) in [4.78, 5) is 3.97. The summed E-state index contributed by atoms with van der Waals surface area (Å²) in [5, 5.41) is 3.66. The Morgan fingerprint density at radius 1 is 1.52 bits per heavy atom. The van der Waals surface area contributed by atoms with Crippen molar-refractivity contribution in [1.29, 1.82) is 0 Å². The van der Waals surface area contributed by atoms with Crippen LogP contribution in [0.15, 0.2) is 27.3 Å². The molecule has 21 heavy (non-hydrogen) atoms. The van der Waals surface area contributed by atoms with E-state index in [2.05, 4.69) is 14.9 Å². The zero-order valence-corrected chi connectivity index (χ0v) is 12.3. The molecule has 1 aliphatic heterocycles. The predicted molar refractivity (Wildman–Crippen MR) is 72.2 cm³/mol. The molecule has 1 atom stereocenters. The maximum absolute atomic E-state index is 12.4. The van der Waals surface area contributed by atoms with E-state index in [9.17, 15) is 8.42 Å². The van der Waals surface area contributed by atoms with Crippen LogP contribution in [0.25, 0.3) is 0 Å². The maximum atomic E-state index is 12.4. The molecule has 0 amide bonds. The van der Waals surface area contributed by atoms with Crippen molar-refractivity contribution in [1.82, 2.24) is 19.2 Å².